The van der Waals surface area contributed by atoms with Gasteiger partial charge < -0.3 is 10.0 Å². The Bertz CT molecular complexity index is 468. The maximum atomic E-state index is 11.4. The van der Waals surface area contributed by atoms with Gasteiger partial charge in [-0.25, -0.2) is 14.8 Å². The van der Waals surface area contributed by atoms with E-state index in [4.69, 9.17) is 0 Å². The van der Waals surface area contributed by atoms with Crippen LogP contribution in [-0.2, 0) is 0 Å². The summed E-state index contributed by atoms with van der Waals surface area (Å²) >= 11 is 0. The van der Waals surface area contributed by atoms with Gasteiger partial charge in [-0.05, 0) is 12.8 Å². The van der Waals surface area contributed by atoms with Gasteiger partial charge in [-0.15, -0.1) is 0 Å². The average molecular weight is 263 g/mol. The molecule has 104 valence electrons. The standard InChI is InChI=1S/C14H21N3O2/c1-9(2)13-15-8-11(12(16-13)14(18)19)17(3)10-6-4-5-7-10/h8-10H,4-7H2,1-3H3,(H,18,19). The molecule has 1 aliphatic carbocycles. The van der Waals surface area contributed by atoms with E-state index in [0.717, 1.165) is 12.8 Å². The number of nitrogens with zero attached hydrogens (tertiary/aromatic N) is 3. The molecule has 0 saturated heterocycles. The number of carbonyl (C=O) groups is 1. The van der Waals surface area contributed by atoms with Gasteiger partial charge in [0.2, 0.25) is 0 Å². The quantitative estimate of drug-likeness (QED) is 0.904. The minimum absolute atomic E-state index is 0.119. The first kappa shape index (κ1) is 13.8. The zero-order chi connectivity index (χ0) is 14.0. The number of carboxylic acid groups (broad SMARTS) is 1. The molecule has 0 radical (unpaired) electrons. The molecule has 19 heavy (non-hydrogen) atoms. The second-order valence-corrected chi connectivity index (χ2v) is 5.47. The lowest BCUT2D eigenvalue weighted by Crippen LogP contribution is -2.31. The van der Waals surface area contributed by atoms with Gasteiger partial charge in [0.05, 0.1) is 11.9 Å². The van der Waals surface area contributed by atoms with Crippen molar-refractivity contribution in [2.75, 3.05) is 11.9 Å². The van der Waals surface area contributed by atoms with Gasteiger partial charge in [0, 0.05) is 19.0 Å². The molecule has 1 heterocycles. The van der Waals surface area contributed by atoms with E-state index in [9.17, 15) is 9.90 Å². The molecule has 0 bridgehead atoms. The Morgan fingerprint density at radius 2 is 2.05 bits per heavy atom. The Kier molecular flexibility index (Phi) is 4.02. The van der Waals surface area contributed by atoms with Crippen LogP contribution in [0.3, 0.4) is 0 Å². The molecule has 5 heteroatoms. The first-order valence-electron chi connectivity index (χ1n) is 6.83. The first-order valence-corrected chi connectivity index (χ1v) is 6.83. The monoisotopic (exact) mass is 263 g/mol. The molecule has 1 aromatic rings. The molecule has 2 rings (SSSR count). The Morgan fingerprint density at radius 1 is 1.42 bits per heavy atom. The summed E-state index contributed by atoms with van der Waals surface area (Å²) in [5, 5.41) is 9.35. The van der Waals surface area contributed by atoms with Crippen molar-refractivity contribution in [2.45, 2.75) is 51.5 Å². The zero-order valence-electron chi connectivity index (χ0n) is 11.8. The SMILES string of the molecule is CC(C)c1ncc(N(C)C2CCCC2)c(C(=O)O)n1. The largest absolute Gasteiger partial charge is 0.476 e. The summed E-state index contributed by atoms with van der Waals surface area (Å²) in [5.41, 5.74) is 0.747. The molecule has 1 aliphatic rings. The second kappa shape index (κ2) is 5.55. The van der Waals surface area contributed by atoms with Crippen LogP contribution in [0.2, 0.25) is 0 Å². The van der Waals surface area contributed by atoms with Crippen LogP contribution in [0, 0.1) is 0 Å². The zero-order valence-corrected chi connectivity index (χ0v) is 11.8. The van der Waals surface area contributed by atoms with Crippen molar-refractivity contribution in [1.82, 2.24) is 9.97 Å². The average Bonchev–Trinajstić information content (AvgIpc) is 2.90. The number of rotatable bonds is 4. The van der Waals surface area contributed by atoms with Crippen molar-refractivity contribution in [3.05, 3.63) is 17.7 Å². The van der Waals surface area contributed by atoms with E-state index in [1.54, 1.807) is 6.20 Å². The molecule has 5 nitrogen and oxygen atoms in total. The first-order chi connectivity index (χ1) is 9.00. The summed E-state index contributed by atoms with van der Waals surface area (Å²) < 4.78 is 0. The Balaban J connectivity index is 2.35. The fourth-order valence-electron chi connectivity index (χ4n) is 2.57. The van der Waals surface area contributed by atoms with Crippen molar-refractivity contribution in [1.29, 1.82) is 0 Å². The Labute approximate surface area is 113 Å². The summed E-state index contributed by atoms with van der Waals surface area (Å²) in [4.78, 5) is 21.9. The fraction of sp³-hybridized carbons (Fsp3) is 0.643. The highest BCUT2D eigenvalue weighted by molar-refractivity contribution is 5.92. The summed E-state index contributed by atoms with van der Waals surface area (Å²) in [6, 6.07) is 0.409. The molecule has 0 amide bonds. The van der Waals surface area contributed by atoms with Gasteiger partial charge in [0.15, 0.2) is 5.69 Å². The van der Waals surface area contributed by atoms with Crippen LogP contribution in [0.4, 0.5) is 5.69 Å². The molecule has 0 spiro atoms. The highest BCUT2D eigenvalue weighted by Crippen LogP contribution is 2.28. The van der Waals surface area contributed by atoms with Crippen molar-refractivity contribution < 1.29 is 9.90 Å². The number of anilines is 1. The number of carboxylic acids is 1. The predicted molar refractivity (Wildman–Crippen MR) is 73.7 cm³/mol. The lowest BCUT2D eigenvalue weighted by molar-refractivity contribution is 0.0690. The molecule has 1 saturated carbocycles. The van der Waals surface area contributed by atoms with E-state index >= 15 is 0 Å². The molecule has 1 N–H and O–H groups in total. The molecule has 0 aromatic carbocycles. The van der Waals surface area contributed by atoms with E-state index in [0.29, 0.717) is 17.6 Å². The maximum absolute atomic E-state index is 11.4. The number of aromatic nitrogens is 2. The third kappa shape index (κ3) is 2.85. The fourth-order valence-corrected chi connectivity index (χ4v) is 2.57. The van der Waals surface area contributed by atoms with Crippen molar-refractivity contribution >= 4 is 11.7 Å². The molecule has 0 atom stereocenters. The minimum atomic E-state index is -0.982. The van der Waals surface area contributed by atoms with Crippen LogP contribution in [0.5, 0.6) is 0 Å². The van der Waals surface area contributed by atoms with E-state index in [-0.39, 0.29) is 11.6 Å². The van der Waals surface area contributed by atoms with Gasteiger partial charge in [0.25, 0.3) is 0 Å². The van der Waals surface area contributed by atoms with E-state index in [2.05, 4.69) is 9.97 Å². The van der Waals surface area contributed by atoms with Crippen molar-refractivity contribution in [2.24, 2.45) is 0 Å². The third-order valence-corrected chi connectivity index (χ3v) is 3.76. The van der Waals surface area contributed by atoms with Crippen LogP contribution in [0.25, 0.3) is 0 Å². The van der Waals surface area contributed by atoms with Crippen LogP contribution >= 0.6 is 0 Å². The summed E-state index contributed by atoms with van der Waals surface area (Å²) in [6.45, 7) is 3.92. The normalized spacial score (nSPS) is 16.0. The van der Waals surface area contributed by atoms with E-state index < -0.39 is 5.97 Å². The van der Waals surface area contributed by atoms with Crippen LogP contribution < -0.4 is 4.90 Å². The van der Waals surface area contributed by atoms with Gasteiger partial charge >= 0.3 is 5.97 Å². The van der Waals surface area contributed by atoms with Crippen LogP contribution in [-0.4, -0.2) is 34.1 Å². The lowest BCUT2D eigenvalue weighted by Gasteiger charge is -2.27. The third-order valence-electron chi connectivity index (χ3n) is 3.76. The van der Waals surface area contributed by atoms with Crippen molar-refractivity contribution in [3.8, 4) is 0 Å². The smallest absolute Gasteiger partial charge is 0.356 e. The molecule has 1 aromatic heterocycles. The van der Waals surface area contributed by atoms with Crippen LogP contribution in [0.1, 0.15) is 61.8 Å². The maximum Gasteiger partial charge on any atom is 0.356 e. The molecule has 1 fully saturated rings. The van der Waals surface area contributed by atoms with Crippen molar-refractivity contribution in [3.63, 3.8) is 0 Å². The second-order valence-electron chi connectivity index (χ2n) is 5.47. The van der Waals surface area contributed by atoms with Crippen LogP contribution in [0.15, 0.2) is 6.20 Å². The highest BCUT2D eigenvalue weighted by Gasteiger charge is 2.25. The van der Waals surface area contributed by atoms with E-state index in [1.165, 1.54) is 12.8 Å². The van der Waals surface area contributed by atoms with Gasteiger partial charge in [0.1, 0.15) is 5.82 Å². The Hall–Kier alpha value is -1.65. The molecular formula is C14H21N3O2. The Morgan fingerprint density at radius 3 is 2.58 bits per heavy atom. The molecule has 0 unspecified atom stereocenters. The number of hydrogen-bond donors (Lipinski definition) is 1. The van der Waals surface area contributed by atoms with Gasteiger partial charge in [-0.3, -0.25) is 0 Å². The topological polar surface area (TPSA) is 66.3 Å². The number of aromatic carboxylic acids is 1. The summed E-state index contributed by atoms with van der Waals surface area (Å²) in [7, 11) is 1.94. The van der Waals surface area contributed by atoms with E-state index in [1.807, 2.05) is 25.8 Å². The lowest BCUT2D eigenvalue weighted by atomic mass is 10.1. The molecule has 0 aliphatic heterocycles. The van der Waals surface area contributed by atoms with Gasteiger partial charge in [-0.1, -0.05) is 26.7 Å². The number of hydrogen-bond acceptors (Lipinski definition) is 4. The predicted octanol–water partition coefficient (Wildman–Crippen LogP) is 2.68. The molecular weight excluding hydrogens is 242 g/mol. The summed E-state index contributed by atoms with van der Waals surface area (Å²) in [6.07, 6.45) is 6.30. The minimum Gasteiger partial charge on any atom is -0.476 e. The highest BCUT2D eigenvalue weighted by atomic mass is 16.4. The summed E-state index contributed by atoms with van der Waals surface area (Å²) in [5.74, 6) is -0.269. The van der Waals surface area contributed by atoms with Gasteiger partial charge in [-0.2, -0.15) is 0 Å².